The van der Waals surface area contributed by atoms with E-state index in [1.54, 1.807) is 18.2 Å². The van der Waals surface area contributed by atoms with E-state index in [1.165, 1.54) is 6.07 Å². The Hall–Kier alpha value is -4.51. The van der Waals surface area contributed by atoms with Gasteiger partial charge in [-0.15, -0.1) is 0 Å². The van der Waals surface area contributed by atoms with Gasteiger partial charge in [0.05, 0.1) is 5.56 Å². The zero-order chi connectivity index (χ0) is 26.7. The fraction of sp³-hybridized carbons (Fsp3) is 0.0769. The third-order valence-electron chi connectivity index (χ3n) is 5.16. The second kappa shape index (κ2) is 10.2. The normalized spacial score (nSPS) is 11.3. The fourth-order valence-corrected chi connectivity index (χ4v) is 3.37. The standard InChI is InChI=1S/C26H17F5N2O4/c27-20-12-21(28)24(37-22-11-17(26(29,30)31)7-8-19(22)25(34)35)33-23(20)36-18-6-2-5-16(10-18)15-4-1-3-14(9-15)13-32/h1-12H,13,32H2,(H,34,35). The molecule has 3 aromatic carbocycles. The van der Waals surface area contributed by atoms with Crippen LogP contribution < -0.4 is 15.2 Å². The minimum Gasteiger partial charge on any atom is -0.478 e. The summed E-state index contributed by atoms with van der Waals surface area (Å²) in [6.07, 6.45) is -4.83. The number of hydrogen-bond acceptors (Lipinski definition) is 5. The second-order valence-electron chi connectivity index (χ2n) is 7.71. The van der Waals surface area contributed by atoms with Gasteiger partial charge in [-0.1, -0.05) is 30.3 Å². The Morgan fingerprint density at radius 3 is 2.16 bits per heavy atom. The number of hydrogen-bond donors (Lipinski definition) is 2. The number of alkyl halides is 3. The number of ether oxygens (including phenoxy) is 2. The van der Waals surface area contributed by atoms with Gasteiger partial charge in [0, 0.05) is 12.6 Å². The molecular weight excluding hydrogens is 499 g/mol. The molecule has 0 bridgehead atoms. The summed E-state index contributed by atoms with van der Waals surface area (Å²) in [6.45, 7) is 0.326. The van der Waals surface area contributed by atoms with Crippen molar-refractivity contribution in [3.05, 3.63) is 101 Å². The summed E-state index contributed by atoms with van der Waals surface area (Å²) in [5.74, 6) is -6.68. The van der Waals surface area contributed by atoms with E-state index in [2.05, 4.69) is 4.98 Å². The van der Waals surface area contributed by atoms with Gasteiger partial charge in [0.2, 0.25) is 0 Å². The largest absolute Gasteiger partial charge is 0.478 e. The Morgan fingerprint density at radius 1 is 0.865 bits per heavy atom. The van der Waals surface area contributed by atoms with E-state index in [1.807, 2.05) is 24.3 Å². The maximum absolute atomic E-state index is 14.5. The Labute approximate surface area is 206 Å². The molecule has 1 aromatic heterocycles. The van der Waals surface area contributed by atoms with Crippen LogP contribution >= 0.6 is 0 Å². The lowest BCUT2D eigenvalue weighted by molar-refractivity contribution is -0.137. The van der Waals surface area contributed by atoms with E-state index >= 15 is 0 Å². The molecule has 0 saturated heterocycles. The van der Waals surface area contributed by atoms with E-state index in [-0.39, 0.29) is 5.75 Å². The number of carboxylic acids is 1. The number of nitrogens with zero attached hydrogens (tertiary/aromatic N) is 1. The predicted molar refractivity (Wildman–Crippen MR) is 122 cm³/mol. The molecule has 0 amide bonds. The summed E-state index contributed by atoms with van der Waals surface area (Å²) in [7, 11) is 0. The highest BCUT2D eigenvalue weighted by Crippen LogP contribution is 2.36. The van der Waals surface area contributed by atoms with Crippen LogP contribution in [0.2, 0.25) is 0 Å². The first-order chi connectivity index (χ1) is 17.5. The maximum atomic E-state index is 14.5. The van der Waals surface area contributed by atoms with Gasteiger partial charge in [-0.3, -0.25) is 0 Å². The van der Waals surface area contributed by atoms with Gasteiger partial charge in [0.1, 0.15) is 17.1 Å². The first kappa shape index (κ1) is 25.6. The van der Waals surface area contributed by atoms with Crippen molar-refractivity contribution in [1.82, 2.24) is 4.98 Å². The van der Waals surface area contributed by atoms with Gasteiger partial charge in [0.25, 0.3) is 11.8 Å². The average molecular weight is 516 g/mol. The van der Waals surface area contributed by atoms with Crippen molar-refractivity contribution in [3.8, 4) is 34.4 Å². The van der Waals surface area contributed by atoms with Gasteiger partial charge in [-0.05, 0) is 53.1 Å². The summed E-state index contributed by atoms with van der Waals surface area (Å²) in [5.41, 5.74) is 6.14. The molecule has 37 heavy (non-hydrogen) atoms. The molecule has 0 aliphatic rings. The van der Waals surface area contributed by atoms with Gasteiger partial charge in [-0.2, -0.15) is 18.2 Å². The summed E-state index contributed by atoms with van der Waals surface area (Å²) in [6, 6.07) is 15.7. The molecular formula is C26H17F5N2O4. The number of rotatable bonds is 7. The van der Waals surface area contributed by atoms with Crippen molar-refractivity contribution >= 4 is 5.97 Å². The second-order valence-corrected chi connectivity index (χ2v) is 7.71. The first-order valence-electron chi connectivity index (χ1n) is 10.6. The molecule has 6 nitrogen and oxygen atoms in total. The molecule has 0 saturated carbocycles. The molecule has 0 spiro atoms. The number of carbonyl (C=O) groups is 1. The highest BCUT2D eigenvalue weighted by molar-refractivity contribution is 5.91. The molecule has 3 N–H and O–H groups in total. The van der Waals surface area contributed by atoms with Gasteiger partial charge in [0.15, 0.2) is 11.6 Å². The van der Waals surface area contributed by atoms with E-state index < -0.39 is 52.4 Å². The van der Waals surface area contributed by atoms with E-state index in [0.717, 1.165) is 11.1 Å². The summed E-state index contributed by atoms with van der Waals surface area (Å²) in [5, 5.41) is 9.29. The maximum Gasteiger partial charge on any atom is 0.416 e. The quantitative estimate of drug-likeness (QED) is 0.263. The van der Waals surface area contributed by atoms with Crippen molar-refractivity contribution in [2.45, 2.75) is 12.7 Å². The van der Waals surface area contributed by atoms with Crippen LogP contribution in [0.5, 0.6) is 23.3 Å². The number of pyridine rings is 1. The Bertz CT molecular complexity index is 1470. The lowest BCUT2D eigenvalue weighted by atomic mass is 10.0. The smallest absolute Gasteiger partial charge is 0.416 e. The Balaban J connectivity index is 1.67. The van der Waals surface area contributed by atoms with Crippen LogP contribution in [0.1, 0.15) is 21.5 Å². The molecule has 0 fully saturated rings. The monoisotopic (exact) mass is 516 g/mol. The molecule has 11 heteroatoms. The highest BCUT2D eigenvalue weighted by atomic mass is 19.4. The number of aromatic nitrogens is 1. The lowest BCUT2D eigenvalue weighted by Gasteiger charge is -2.14. The van der Waals surface area contributed by atoms with Crippen molar-refractivity contribution in [1.29, 1.82) is 0 Å². The van der Waals surface area contributed by atoms with Gasteiger partial charge in [-0.25, -0.2) is 13.6 Å². The van der Waals surface area contributed by atoms with Crippen molar-refractivity contribution in [2.24, 2.45) is 5.73 Å². The van der Waals surface area contributed by atoms with Crippen LogP contribution in [0.15, 0.2) is 72.8 Å². The van der Waals surface area contributed by atoms with E-state index in [0.29, 0.717) is 36.4 Å². The van der Waals surface area contributed by atoms with Gasteiger partial charge < -0.3 is 20.3 Å². The first-order valence-corrected chi connectivity index (χ1v) is 10.6. The zero-order valence-electron chi connectivity index (χ0n) is 18.7. The number of aromatic carboxylic acids is 1. The number of benzene rings is 3. The third kappa shape index (κ3) is 5.84. The Morgan fingerprint density at radius 2 is 1.51 bits per heavy atom. The molecule has 4 aromatic rings. The van der Waals surface area contributed by atoms with Crippen LogP contribution in [0, 0.1) is 11.6 Å². The topological polar surface area (TPSA) is 94.7 Å². The number of nitrogens with two attached hydrogens (primary N) is 1. The third-order valence-corrected chi connectivity index (χ3v) is 5.16. The predicted octanol–water partition coefficient (Wildman–Crippen LogP) is 6.79. The van der Waals surface area contributed by atoms with Crippen LogP contribution in [-0.4, -0.2) is 16.1 Å². The van der Waals surface area contributed by atoms with Crippen molar-refractivity contribution in [2.75, 3.05) is 0 Å². The average Bonchev–Trinajstić information content (AvgIpc) is 2.86. The van der Waals surface area contributed by atoms with Crippen LogP contribution in [0.25, 0.3) is 11.1 Å². The van der Waals surface area contributed by atoms with Gasteiger partial charge >= 0.3 is 12.1 Å². The Kier molecular flexibility index (Phi) is 7.07. The minimum absolute atomic E-state index is 0.116. The number of halogens is 5. The SMILES string of the molecule is NCc1cccc(-c2cccc(Oc3nc(Oc4cc(C(F)(F)F)ccc4C(=O)O)c(F)cc3F)c2)c1. The molecule has 0 aliphatic heterocycles. The molecule has 4 rings (SSSR count). The van der Waals surface area contributed by atoms with Crippen LogP contribution in [0.4, 0.5) is 22.0 Å². The van der Waals surface area contributed by atoms with Crippen LogP contribution in [0.3, 0.4) is 0 Å². The van der Waals surface area contributed by atoms with Crippen molar-refractivity contribution in [3.63, 3.8) is 0 Å². The molecule has 190 valence electrons. The van der Waals surface area contributed by atoms with E-state index in [4.69, 9.17) is 15.2 Å². The molecule has 1 heterocycles. The molecule has 0 aliphatic carbocycles. The highest BCUT2D eigenvalue weighted by Gasteiger charge is 2.32. The molecule has 0 unspecified atom stereocenters. The van der Waals surface area contributed by atoms with Crippen LogP contribution in [-0.2, 0) is 12.7 Å². The zero-order valence-corrected chi connectivity index (χ0v) is 18.7. The number of carboxylic acid groups (broad SMARTS) is 1. The van der Waals surface area contributed by atoms with E-state index in [9.17, 15) is 31.9 Å². The minimum atomic E-state index is -4.83. The molecule has 0 atom stereocenters. The molecule has 0 radical (unpaired) electrons. The summed E-state index contributed by atoms with van der Waals surface area (Å²) >= 11 is 0. The summed E-state index contributed by atoms with van der Waals surface area (Å²) < 4.78 is 78.7. The summed E-state index contributed by atoms with van der Waals surface area (Å²) in [4.78, 5) is 15.0. The lowest BCUT2D eigenvalue weighted by Crippen LogP contribution is -2.08. The van der Waals surface area contributed by atoms with Crippen molar-refractivity contribution < 1.29 is 41.3 Å². The fourth-order valence-electron chi connectivity index (χ4n) is 3.37.